The summed E-state index contributed by atoms with van der Waals surface area (Å²) >= 11 is 0. The highest BCUT2D eigenvalue weighted by Crippen LogP contribution is 2.26. The van der Waals surface area contributed by atoms with Gasteiger partial charge in [0.2, 0.25) is 10.0 Å². The normalized spacial score (nSPS) is 19.1. The number of nitrogens with one attached hydrogen (secondary N) is 1. The third-order valence-electron chi connectivity index (χ3n) is 3.62. The Morgan fingerprint density at radius 1 is 1.26 bits per heavy atom. The van der Waals surface area contributed by atoms with E-state index in [0.29, 0.717) is 18.5 Å². The summed E-state index contributed by atoms with van der Waals surface area (Å²) in [5.41, 5.74) is 0.367. The topological polar surface area (TPSA) is 116 Å². The summed E-state index contributed by atoms with van der Waals surface area (Å²) in [5.74, 6) is -1.39. The Kier molecular flexibility index (Phi) is 5.22. The van der Waals surface area contributed by atoms with E-state index in [1.54, 1.807) is 0 Å². The van der Waals surface area contributed by atoms with Crippen LogP contribution in [-0.4, -0.2) is 44.5 Å². The fourth-order valence-corrected chi connectivity index (χ4v) is 4.09. The monoisotopic (exact) mass is 341 g/mol. The maximum absolute atomic E-state index is 12.6. The Labute approximate surface area is 134 Å². The van der Waals surface area contributed by atoms with Crippen molar-refractivity contribution in [2.24, 2.45) is 0 Å². The van der Waals surface area contributed by atoms with Crippen LogP contribution >= 0.6 is 0 Å². The number of rotatable bonds is 4. The molecule has 1 unspecified atom stereocenters. The van der Waals surface area contributed by atoms with Crippen LogP contribution in [0.25, 0.3) is 0 Å². The van der Waals surface area contributed by atoms with Gasteiger partial charge < -0.3 is 14.6 Å². The van der Waals surface area contributed by atoms with Crippen LogP contribution in [0.1, 0.15) is 19.3 Å². The molecule has 1 amide bonds. The molecule has 1 aliphatic heterocycles. The average Bonchev–Trinajstić information content (AvgIpc) is 2.55. The Balaban J connectivity index is 2.24. The van der Waals surface area contributed by atoms with Gasteiger partial charge >= 0.3 is 6.09 Å². The molecule has 0 aromatic heterocycles. The number of carbonyl (C=O) groups excluding carboxylic acids is 2. The Bertz CT molecular complexity index is 686. The van der Waals surface area contributed by atoms with Gasteiger partial charge in [-0.05, 0) is 37.1 Å². The largest absolute Gasteiger partial charge is 0.548 e. The summed E-state index contributed by atoms with van der Waals surface area (Å²) in [4.78, 5) is 22.2. The molecule has 1 N–H and O–H groups in total. The van der Waals surface area contributed by atoms with Crippen LogP contribution in [-0.2, 0) is 19.6 Å². The van der Waals surface area contributed by atoms with E-state index in [0.717, 1.165) is 4.31 Å². The summed E-state index contributed by atoms with van der Waals surface area (Å²) in [6.07, 6.45) is 0.815. The smallest absolute Gasteiger partial charge is 0.411 e. The van der Waals surface area contributed by atoms with Crippen LogP contribution in [0.4, 0.5) is 10.5 Å². The zero-order valence-electron chi connectivity index (χ0n) is 12.5. The molecule has 126 valence electrons. The second-order valence-electron chi connectivity index (χ2n) is 5.09. The average molecular weight is 341 g/mol. The van der Waals surface area contributed by atoms with Crippen LogP contribution in [0.5, 0.6) is 0 Å². The van der Waals surface area contributed by atoms with Gasteiger partial charge in [-0.15, -0.1) is 0 Å². The van der Waals surface area contributed by atoms with E-state index in [1.807, 2.05) is 0 Å². The van der Waals surface area contributed by atoms with Gasteiger partial charge in [0.05, 0.1) is 24.0 Å². The Hall–Kier alpha value is -2.13. The van der Waals surface area contributed by atoms with Crippen LogP contribution in [0.2, 0.25) is 0 Å². The second kappa shape index (κ2) is 6.97. The van der Waals surface area contributed by atoms with Gasteiger partial charge in [0.15, 0.2) is 0 Å². The second-order valence-corrected chi connectivity index (χ2v) is 6.98. The molecule has 1 saturated heterocycles. The number of hydrogen-bond acceptors (Lipinski definition) is 6. The number of carbonyl (C=O) groups is 2. The molecule has 0 spiro atoms. The SMILES string of the molecule is COC(=O)Nc1ccc(S(=O)(=O)N2CCCCC2C(=O)[O-])cc1. The number of methoxy groups -OCH3 is 1. The number of sulfonamides is 1. The Morgan fingerprint density at radius 2 is 1.91 bits per heavy atom. The predicted octanol–water partition coefficient (Wildman–Crippen LogP) is 0.158. The molecular formula is C14H17N2O6S-. The molecule has 1 aromatic carbocycles. The van der Waals surface area contributed by atoms with Gasteiger partial charge in [-0.25, -0.2) is 13.2 Å². The first kappa shape index (κ1) is 17.2. The summed E-state index contributed by atoms with van der Waals surface area (Å²) < 4.78 is 30.6. The number of hydrogen-bond donors (Lipinski definition) is 1. The zero-order chi connectivity index (χ0) is 17.0. The van der Waals surface area contributed by atoms with Crippen molar-refractivity contribution in [1.29, 1.82) is 0 Å². The zero-order valence-corrected chi connectivity index (χ0v) is 13.3. The number of benzene rings is 1. The number of carboxylic acids is 1. The minimum absolute atomic E-state index is 0.0407. The van der Waals surface area contributed by atoms with Crippen molar-refractivity contribution in [1.82, 2.24) is 4.31 Å². The first-order valence-electron chi connectivity index (χ1n) is 7.04. The lowest BCUT2D eigenvalue weighted by Crippen LogP contribution is -2.52. The molecule has 8 nitrogen and oxygen atoms in total. The molecule has 1 fully saturated rings. The van der Waals surface area contributed by atoms with Gasteiger partial charge in [-0.1, -0.05) is 6.42 Å². The quantitative estimate of drug-likeness (QED) is 0.834. The highest BCUT2D eigenvalue weighted by Gasteiger charge is 2.34. The number of piperidine rings is 1. The van der Waals surface area contributed by atoms with Crippen LogP contribution < -0.4 is 10.4 Å². The number of ether oxygens (including phenoxy) is 1. The molecule has 23 heavy (non-hydrogen) atoms. The fraction of sp³-hybridized carbons (Fsp3) is 0.429. The molecule has 9 heteroatoms. The van der Waals surface area contributed by atoms with Crippen molar-refractivity contribution in [2.75, 3.05) is 19.0 Å². The number of nitrogens with zero attached hydrogens (tertiary/aromatic N) is 1. The fourth-order valence-electron chi connectivity index (χ4n) is 2.44. The van der Waals surface area contributed by atoms with Gasteiger partial charge in [0, 0.05) is 12.2 Å². The highest BCUT2D eigenvalue weighted by molar-refractivity contribution is 7.89. The van der Waals surface area contributed by atoms with Gasteiger partial charge in [-0.3, -0.25) is 5.32 Å². The maximum atomic E-state index is 12.6. The molecule has 1 atom stereocenters. The first-order chi connectivity index (χ1) is 10.9. The molecule has 0 radical (unpaired) electrons. The summed E-state index contributed by atoms with van der Waals surface area (Å²) in [6, 6.07) is 4.27. The summed E-state index contributed by atoms with van der Waals surface area (Å²) in [5, 5.41) is 13.6. The van der Waals surface area contributed by atoms with Crippen molar-refractivity contribution in [2.45, 2.75) is 30.2 Å². The molecular weight excluding hydrogens is 324 g/mol. The first-order valence-corrected chi connectivity index (χ1v) is 8.48. The standard InChI is InChI=1S/C14H18N2O6S/c1-22-14(19)15-10-5-7-11(8-6-10)23(20,21)16-9-3-2-4-12(16)13(17)18/h5-8,12H,2-4,9H2,1H3,(H,15,19)(H,17,18)/p-1. The minimum atomic E-state index is -3.94. The lowest BCUT2D eigenvalue weighted by Gasteiger charge is -2.35. The maximum Gasteiger partial charge on any atom is 0.411 e. The molecule has 0 aliphatic carbocycles. The van der Waals surface area contributed by atoms with Gasteiger partial charge in [-0.2, -0.15) is 4.31 Å². The summed E-state index contributed by atoms with van der Waals surface area (Å²) in [7, 11) is -2.73. The van der Waals surface area contributed by atoms with Crippen LogP contribution in [0, 0.1) is 0 Å². The third-order valence-corrected chi connectivity index (χ3v) is 5.54. The number of anilines is 1. The van der Waals surface area contributed by atoms with Gasteiger partial charge in [0.1, 0.15) is 0 Å². The number of aliphatic carboxylic acids is 1. The highest BCUT2D eigenvalue weighted by atomic mass is 32.2. The van der Waals surface area contributed by atoms with Crippen molar-refractivity contribution in [3.63, 3.8) is 0 Å². The van der Waals surface area contributed by atoms with E-state index in [-0.39, 0.29) is 17.9 Å². The van der Waals surface area contributed by atoms with Crippen molar-refractivity contribution < 1.29 is 27.9 Å². The lowest BCUT2D eigenvalue weighted by atomic mass is 10.1. The van der Waals surface area contributed by atoms with E-state index < -0.39 is 28.1 Å². The number of amides is 1. The predicted molar refractivity (Wildman–Crippen MR) is 79.0 cm³/mol. The van der Waals surface area contributed by atoms with E-state index in [9.17, 15) is 23.1 Å². The molecule has 1 aliphatic rings. The molecule has 2 rings (SSSR count). The van der Waals surface area contributed by atoms with Crippen LogP contribution in [0.3, 0.4) is 0 Å². The van der Waals surface area contributed by atoms with Gasteiger partial charge in [0.25, 0.3) is 0 Å². The van der Waals surface area contributed by atoms with Crippen molar-refractivity contribution >= 4 is 27.8 Å². The van der Waals surface area contributed by atoms with E-state index in [2.05, 4.69) is 10.1 Å². The van der Waals surface area contributed by atoms with Crippen molar-refractivity contribution in [3.05, 3.63) is 24.3 Å². The third kappa shape index (κ3) is 3.80. The lowest BCUT2D eigenvalue weighted by molar-refractivity contribution is -0.311. The number of carboxylic acid groups (broad SMARTS) is 1. The van der Waals surface area contributed by atoms with Crippen LogP contribution in [0.15, 0.2) is 29.2 Å². The molecule has 0 bridgehead atoms. The molecule has 0 saturated carbocycles. The van der Waals surface area contributed by atoms with E-state index in [4.69, 9.17) is 0 Å². The molecule has 1 heterocycles. The van der Waals surface area contributed by atoms with Crippen molar-refractivity contribution in [3.8, 4) is 0 Å². The minimum Gasteiger partial charge on any atom is -0.548 e. The van der Waals surface area contributed by atoms with E-state index in [1.165, 1.54) is 31.4 Å². The molecule has 1 aromatic rings. The summed E-state index contributed by atoms with van der Waals surface area (Å²) in [6.45, 7) is 0.142. The Morgan fingerprint density at radius 3 is 2.48 bits per heavy atom. The van der Waals surface area contributed by atoms with E-state index >= 15 is 0 Å².